The molecular formula is C10H20N2O3. The molecule has 1 saturated heterocycles. The van der Waals surface area contributed by atoms with Crippen LogP contribution in [0.1, 0.15) is 20.8 Å². The third-order valence-corrected chi connectivity index (χ3v) is 2.88. The lowest BCUT2D eigenvalue weighted by molar-refractivity contribution is -0.120. The molecule has 88 valence electrons. The number of hydrogen-bond donors (Lipinski definition) is 3. The second-order valence-electron chi connectivity index (χ2n) is 4.34. The Bertz CT molecular complexity index is 233. The highest BCUT2D eigenvalue weighted by Crippen LogP contribution is 2.20. The molecule has 3 atom stereocenters. The molecule has 0 saturated carbocycles. The fraction of sp³-hybridized carbons (Fsp3) is 0.900. The van der Waals surface area contributed by atoms with E-state index in [9.17, 15) is 15.0 Å². The minimum Gasteiger partial charge on any atom is -0.395 e. The van der Waals surface area contributed by atoms with Gasteiger partial charge in [-0.05, 0) is 13.8 Å². The third kappa shape index (κ3) is 2.68. The quantitative estimate of drug-likeness (QED) is 0.562. The van der Waals surface area contributed by atoms with E-state index in [2.05, 4.69) is 5.32 Å². The number of likely N-dealkylation sites (tertiary alicyclic amines) is 1. The van der Waals surface area contributed by atoms with E-state index in [1.54, 1.807) is 0 Å². The van der Waals surface area contributed by atoms with Crippen LogP contribution < -0.4 is 5.32 Å². The van der Waals surface area contributed by atoms with Crippen molar-refractivity contribution in [3.05, 3.63) is 0 Å². The number of carbonyl (C=O) groups is 1. The molecule has 0 bridgehead atoms. The van der Waals surface area contributed by atoms with Crippen LogP contribution in [0.3, 0.4) is 0 Å². The van der Waals surface area contributed by atoms with Gasteiger partial charge in [0.05, 0.1) is 24.8 Å². The first kappa shape index (κ1) is 12.4. The fourth-order valence-electron chi connectivity index (χ4n) is 2.13. The predicted molar refractivity (Wildman–Crippen MR) is 56.3 cm³/mol. The molecule has 15 heavy (non-hydrogen) atoms. The molecule has 0 spiro atoms. The van der Waals surface area contributed by atoms with Gasteiger partial charge < -0.3 is 15.5 Å². The van der Waals surface area contributed by atoms with E-state index < -0.39 is 6.10 Å². The Morgan fingerprint density at radius 3 is 2.53 bits per heavy atom. The molecule has 1 fully saturated rings. The molecule has 0 aromatic carbocycles. The Morgan fingerprint density at radius 1 is 1.60 bits per heavy atom. The molecule has 1 rings (SSSR count). The predicted octanol–water partition coefficient (Wildman–Crippen LogP) is -1.06. The molecule has 0 aromatic heterocycles. The summed E-state index contributed by atoms with van der Waals surface area (Å²) >= 11 is 0. The van der Waals surface area contributed by atoms with Gasteiger partial charge in [0.25, 0.3) is 0 Å². The molecule has 0 aromatic rings. The van der Waals surface area contributed by atoms with E-state index in [0.29, 0.717) is 6.54 Å². The molecule has 5 heteroatoms. The number of nitrogens with one attached hydrogen (secondary N) is 1. The van der Waals surface area contributed by atoms with Crippen LogP contribution >= 0.6 is 0 Å². The second kappa shape index (κ2) is 4.92. The summed E-state index contributed by atoms with van der Waals surface area (Å²) in [6.07, 6.45) is -0.693. The number of aliphatic hydroxyl groups is 2. The number of rotatable bonds is 3. The highest BCUT2D eigenvalue weighted by atomic mass is 16.3. The van der Waals surface area contributed by atoms with Crippen LogP contribution in [-0.4, -0.2) is 58.4 Å². The fourth-order valence-corrected chi connectivity index (χ4v) is 2.13. The maximum atomic E-state index is 10.9. The van der Waals surface area contributed by atoms with Crippen molar-refractivity contribution in [2.24, 2.45) is 0 Å². The molecule has 5 nitrogen and oxygen atoms in total. The normalized spacial score (nSPS) is 32.3. The van der Waals surface area contributed by atoms with Crippen LogP contribution in [0.25, 0.3) is 0 Å². The Labute approximate surface area is 90.1 Å². The van der Waals surface area contributed by atoms with E-state index >= 15 is 0 Å². The summed E-state index contributed by atoms with van der Waals surface area (Å²) in [5, 5.41) is 21.8. The van der Waals surface area contributed by atoms with Crippen molar-refractivity contribution in [2.75, 3.05) is 13.2 Å². The average Bonchev–Trinajstić information content (AvgIpc) is 2.43. The molecule has 1 amide bonds. The van der Waals surface area contributed by atoms with E-state index in [1.165, 1.54) is 6.92 Å². The number of amides is 1. The summed E-state index contributed by atoms with van der Waals surface area (Å²) < 4.78 is 0. The minimum absolute atomic E-state index is 0.0879. The van der Waals surface area contributed by atoms with Gasteiger partial charge >= 0.3 is 0 Å². The topological polar surface area (TPSA) is 72.8 Å². The van der Waals surface area contributed by atoms with Gasteiger partial charge in [0.1, 0.15) is 0 Å². The van der Waals surface area contributed by atoms with Crippen molar-refractivity contribution in [1.29, 1.82) is 0 Å². The standard InChI is InChI=1S/C10H20N2O3/c1-6(2)12-4-8(11-7(3)14)10(15)9(12)5-13/h6,8-10,13,15H,4-5H2,1-3H3,(H,11,14)/t8-,9-,10+/m1/s1. The van der Waals surface area contributed by atoms with Gasteiger partial charge in [-0.15, -0.1) is 0 Å². The van der Waals surface area contributed by atoms with Crippen LogP contribution in [-0.2, 0) is 4.79 Å². The molecule has 0 unspecified atom stereocenters. The lowest BCUT2D eigenvalue weighted by Crippen LogP contribution is -2.44. The first-order chi connectivity index (χ1) is 6.97. The number of aliphatic hydroxyl groups excluding tert-OH is 2. The van der Waals surface area contributed by atoms with Gasteiger partial charge in [0.15, 0.2) is 0 Å². The summed E-state index contributed by atoms with van der Waals surface area (Å²) in [5.74, 6) is -0.152. The van der Waals surface area contributed by atoms with Gasteiger partial charge in [-0.1, -0.05) is 0 Å². The SMILES string of the molecule is CC(=O)N[C@@H]1CN(C(C)C)[C@H](CO)[C@H]1O. The van der Waals surface area contributed by atoms with Gasteiger partial charge in [0, 0.05) is 19.5 Å². The molecule has 1 heterocycles. The molecule has 3 N–H and O–H groups in total. The van der Waals surface area contributed by atoms with Crippen molar-refractivity contribution in [1.82, 2.24) is 10.2 Å². The maximum absolute atomic E-state index is 10.9. The van der Waals surface area contributed by atoms with Gasteiger partial charge in [0.2, 0.25) is 5.91 Å². The molecular weight excluding hydrogens is 196 g/mol. The highest BCUT2D eigenvalue weighted by Gasteiger charge is 2.41. The van der Waals surface area contributed by atoms with Crippen LogP contribution in [0.4, 0.5) is 0 Å². The smallest absolute Gasteiger partial charge is 0.217 e. The van der Waals surface area contributed by atoms with E-state index in [4.69, 9.17) is 0 Å². The lowest BCUT2D eigenvalue weighted by atomic mass is 10.1. The Hall–Kier alpha value is -0.650. The van der Waals surface area contributed by atoms with Crippen molar-refractivity contribution >= 4 is 5.91 Å². The van der Waals surface area contributed by atoms with Crippen molar-refractivity contribution in [2.45, 2.75) is 45.0 Å². The first-order valence-electron chi connectivity index (χ1n) is 5.29. The van der Waals surface area contributed by atoms with Crippen LogP contribution in [0.15, 0.2) is 0 Å². The zero-order chi connectivity index (χ0) is 11.6. The van der Waals surface area contributed by atoms with Crippen molar-refractivity contribution in [3.63, 3.8) is 0 Å². The summed E-state index contributed by atoms with van der Waals surface area (Å²) in [4.78, 5) is 12.9. The number of nitrogens with zero attached hydrogens (tertiary/aromatic N) is 1. The molecule has 1 aliphatic rings. The van der Waals surface area contributed by atoms with Gasteiger partial charge in [-0.3, -0.25) is 9.69 Å². The Kier molecular flexibility index (Phi) is 4.07. The number of hydrogen-bond acceptors (Lipinski definition) is 4. The Morgan fingerprint density at radius 2 is 2.20 bits per heavy atom. The van der Waals surface area contributed by atoms with Gasteiger partial charge in [-0.25, -0.2) is 0 Å². The maximum Gasteiger partial charge on any atom is 0.217 e. The zero-order valence-corrected chi connectivity index (χ0v) is 9.47. The summed E-state index contributed by atoms with van der Waals surface area (Å²) in [5.41, 5.74) is 0. The third-order valence-electron chi connectivity index (χ3n) is 2.88. The largest absolute Gasteiger partial charge is 0.395 e. The first-order valence-corrected chi connectivity index (χ1v) is 5.29. The molecule has 1 aliphatic heterocycles. The van der Waals surface area contributed by atoms with Crippen molar-refractivity contribution < 1.29 is 15.0 Å². The lowest BCUT2D eigenvalue weighted by Gasteiger charge is -2.27. The van der Waals surface area contributed by atoms with Gasteiger partial charge in [-0.2, -0.15) is 0 Å². The summed E-state index contributed by atoms with van der Waals surface area (Å²) in [7, 11) is 0. The molecule has 0 aliphatic carbocycles. The Balaban J connectivity index is 2.68. The average molecular weight is 216 g/mol. The molecule has 0 radical (unpaired) electrons. The van der Waals surface area contributed by atoms with E-state index in [0.717, 1.165) is 0 Å². The summed E-state index contributed by atoms with van der Waals surface area (Å²) in [6, 6.07) is -0.306. The number of carbonyl (C=O) groups excluding carboxylic acids is 1. The highest BCUT2D eigenvalue weighted by molar-refractivity contribution is 5.73. The van der Waals surface area contributed by atoms with Crippen molar-refractivity contribution in [3.8, 4) is 0 Å². The summed E-state index contributed by atoms with van der Waals surface area (Å²) in [6.45, 7) is 5.94. The van der Waals surface area contributed by atoms with Crippen LogP contribution in [0.5, 0.6) is 0 Å². The monoisotopic (exact) mass is 216 g/mol. The van der Waals surface area contributed by atoms with E-state index in [1.807, 2.05) is 18.7 Å². The van der Waals surface area contributed by atoms with Crippen LogP contribution in [0, 0.1) is 0 Å². The van der Waals surface area contributed by atoms with E-state index in [-0.39, 0.29) is 30.6 Å². The minimum atomic E-state index is -0.693. The second-order valence-corrected chi connectivity index (χ2v) is 4.34. The zero-order valence-electron chi connectivity index (χ0n) is 9.47. The van der Waals surface area contributed by atoms with Crippen LogP contribution in [0.2, 0.25) is 0 Å².